The van der Waals surface area contributed by atoms with Crippen LogP contribution in [0.2, 0.25) is 0 Å². The highest BCUT2D eigenvalue weighted by Gasteiger charge is 2.22. The van der Waals surface area contributed by atoms with Crippen LogP contribution in [-0.4, -0.2) is 12.1 Å². The Labute approximate surface area is 99.6 Å². The van der Waals surface area contributed by atoms with Crippen LogP contribution in [0.3, 0.4) is 0 Å². The van der Waals surface area contributed by atoms with Gasteiger partial charge in [0.05, 0.1) is 0 Å². The molecule has 0 radical (unpaired) electrons. The van der Waals surface area contributed by atoms with Gasteiger partial charge in [0.1, 0.15) is 0 Å². The zero-order valence-corrected chi connectivity index (χ0v) is 9.21. The molecule has 0 saturated heterocycles. The van der Waals surface area contributed by atoms with Gasteiger partial charge in [0.25, 0.3) is 5.91 Å². The number of nitrogens with zero attached hydrogens (tertiary/aromatic N) is 1. The molecule has 0 fully saturated rings. The molecule has 3 rings (SSSR count). The second-order valence-corrected chi connectivity index (χ2v) is 4.06. The van der Waals surface area contributed by atoms with Gasteiger partial charge in [-0.25, -0.2) is 4.99 Å². The zero-order valence-electron chi connectivity index (χ0n) is 9.21. The van der Waals surface area contributed by atoms with E-state index in [4.69, 9.17) is 0 Å². The maximum Gasteiger partial charge on any atom is 0.276 e. The van der Waals surface area contributed by atoms with Gasteiger partial charge >= 0.3 is 0 Å². The second-order valence-electron chi connectivity index (χ2n) is 4.06. The van der Waals surface area contributed by atoms with Crippen LogP contribution in [0, 0.1) is 0 Å². The molecular weight excluding hydrogens is 210 g/mol. The maximum absolute atomic E-state index is 11.7. The fourth-order valence-electron chi connectivity index (χ4n) is 2.18. The molecule has 2 aromatic carbocycles. The Bertz CT molecular complexity index is 587. The minimum absolute atomic E-state index is 0.0881. The van der Waals surface area contributed by atoms with Gasteiger partial charge in [-0.2, -0.15) is 0 Å². The van der Waals surface area contributed by atoms with Crippen LogP contribution in [0.25, 0.3) is 0 Å². The summed E-state index contributed by atoms with van der Waals surface area (Å²) in [5, 5.41) is 0. The average Bonchev–Trinajstić information content (AvgIpc) is 2.41. The van der Waals surface area contributed by atoms with Crippen molar-refractivity contribution in [3.05, 3.63) is 71.3 Å². The van der Waals surface area contributed by atoms with E-state index in [-0.39, 0.29) is 11.8 Å². The average molecular weight is 221 g/mol. The molecule has 2 heteroatoms. The third kappa shape index (κ3) is 1.68. The second kappa shape index (κ2) is 3.98. The van der Waals surface area contributed by atoms with Crippen LogP contribution in [-0.2, 0) is 0 Å². The van der Waals surface area contributed by atoms with E-state index in [0.29, 0.717) is 5.56 Å². The fraction of sp³-hybridized carbons (Fsp3) is 0.0667. The van der Waals surface area contributed by atoms with Crippen LogP contribution in [0.1, 0.15) is 27.4 Å². The van der Waals surface area contributed by atoms with Crippen molar-refractivity contribution in [2.24, 2.45) is 4.99 Å². The van der Waals surface area contributed by atoms with Crippen LogP contribution in [0.5, 0.6) is 0 Å². The Kier molecular flexibility index (Phi) is 2.33. The number of hydrogen-bond acceptors (Lipinski definition) is 1. The van der Waals surface area contributed by atoms with Gasteiger partial charge in [-0.15, -0.1) is 0 Å². The van der Waals surface area contributed by atoms with Crippen LogP contribution < -0.4 is 0 Å². The summed E-state index contributed by atoms with van der Waals surface area (Å²) < 4.78 is 0. The van der Waals surface area contributed by atoms with Crippen molar-refractivity contribution in [3.63, 3.8) is 0 Å². The molecule has 0 aliphatic carbocycles. The monoisotopic (exact) mass is 221 g/mol. The number of carbonyl (C=O) groups is 1. The number of rotatable bonds is 1. The molecule has 1 amide bonds. The summed E-state index contributed by atoms with van der Waals surface area (Å²) in [7, 11) is 0. The first-order valence-corrected chi connectivity index (χ1v) is 5.58. The lowest BCUT2D eigenvalue weighted by Crippen LogP contribution is -2.14. The lowest BCUT2D eigenvalue weighted by molar-refractivity contribution is 0.100. The van der Waals surface area contributed by atoms with Gasteiger partial charge in [-0.05, 0) is 17.2 Å². The lowest BCUT2D eigenvalue weighted by Gasteiger charge is -2.19. The van der Waals surface area contributed by atoms with Crippen molar-refractivity contribution >= 4 is 12.1 Å². The topological polar surface area (TPSA) is 29.4 Å². The Hall–Kier alpha value is -2.22. The van der Waals surface area contributed by atoms with Gasteiger partial charge in [0.15, 0.2) is 0 Å². The molecule has 1 aliphatic rings. The highest BCUT2D eigenvalue weighted by molar-refractivity contribution is 6.05. The van der Waals surface area contributed by atoms with Gasteiger partial charge in [-0.3, -0.25) is 4.79 Å². The van der Waals surface area contributed by atoms with Crippen molar-refractivity contribution in [1.82, 2.24) is 0 Å². The Balaban J connectivity index is 2.15. The van der Waals surface area contributed by atoms with Gasteiger partial charge in [-0.1, -0.05) is 48.5 Å². The largest absolute Gasteiger partial charge is 0.276 e. The Morgan fingerprint density at radius 2 is 1.59 bits per heavy atom. The molecule has 0 bridgehead atoms. The van der Waals surface area contributed by atoms with E-state index in [0.717, 1.165) is 11.1 Å². The fourth-order valence-corrected chi connectivity index (χ4v) is 2.18. The summed E-state index contributed by atoms with van der Waals surface area (Å²) in [4.78, 5) is 15.6. The zero-order chi connectivity index (χ0) is 11.7. The maximum atomic E-state index is 11.7. The number of hydrogen-bond donors (Lipinski definition) is 0. The number of aliphatic imine (C=N–C) groups is 1. The predicted octanol–water partition coefficient (Wildman–Crippen LogP) is 3.04. The summed E-state index contributed by atoms with van der Waals surface area (Å²) in [5.74, 6) is -0.0575. The van der Waals surface area contributed by atoms with E-state index < -0.39 is 0 Å². The van der Waals surface area contributed by atoms with Gasteiger partial charge < -0.3 is 0 Å². The molecule has 2 nitrogen and oxygen atoms in total. The summed E-state index contributed by atoms with van der Waals surface area (Å²) in [6, 6.07) is 17.8. The standard InChI is InChI=1S/C15H11NO/c17-15-13-9-5-4-8-12(13)14(10-16-15)11-6-2-1-3-7-11/h1-10,14H. The molecule has 0 N–H and O–H groups in total. The third-order valence-electron chi connectivity index (χ3n) is 3.03. The lowest BCUT2D eigenvalue weighted by atomic mass is 9.87. The third-order valence-corrected chi connectivity index (χ3v) is 3.03. The molecule has 0 spiro atoms. The molecule has 17 heavy (non-hydrogen) atoms. The van der Waals surface area contributed by atoms with E-state index in [1.807, 2.05) is 42.5 Å². The SMILES string of the molecule is O=C1N=CC(c2ccccc2)c2ccccc21. The van der Waals surface area contributed by atoms with E-state index in [2.05, 4.69) is 17.1 Å². The molecule has 1 aliphatic heterocycles. The Morgan fingerprint density at radius 3 is 2.41 bits per heavy atom. The number of benzene rings is 2. The predicted molar refractivity (Wildman–Crippen MR) is 67.5 cm³/mol. The molecule has 1 heterocycles. The molecule has 1 unspecified atom stereocenters. The Morgan fingerprint density at radius 1 is 0.882 bits per heavy atom. The van der Waals surface area contributed by atoms with Crippen molar-refractivity contribution in [1.29, 1.82) is 0 Å². The summed E-state index contributed by atoms with van der Waals surface area (Å²) >= 11 is 0. The molecule has 2 aromatic rings. The molecule has 0 aromatic heterocycles. The van der Waals surface area contributed by atoms with E-state index >= 15 is 0 Å². The van der Waals surface area contributed by atoms with Crippen LogP contribution in [0.4, 0.5) is 0 Å². The molecular formula is C15H11NO. The minimum Gasteiger partial charge on any atom is -0.267 e. The van der Waals surface area contributed by atoms with E-state index in [1.165, 1.54) is 0 Å². The summed E-state index contributed by atoms with van der Waals surface area (Å²) in [5.41, 5.74) is 2.92. The first kappa shape index (κ1) is 9.97. The highest BCUT2D eigenvalue weighted by Crippen LogP contribution is 2.29. The summed E-state index contributed by atoms with van der Waals surface area (Å²) in [6.07, 6.45) is 1.74. The molecule has 82 valence electrons. The minimum atomic E-state index is -0.146. The summed E-state index contributed by atoms with van der Waals surface area (Å²) in [6.45, 7) is 0. The van der Waals surface area contributed by atoms with E-state index in [9.17, 15) is 4.79 Å². The van der Waals surface area contributed by atoms with E-state index in [1.54, 1.807) is 6.21 Å². The number of fused-ring (bicyclic) bond motifs is 1. The molecule has 0 saturated carbocycles. The number of amides is 1. The quantitative estimate of drug-likeness (QED) is 0.727. The highest BCUT2D eigenvalue weighted by atomic mass is 16.1. The van der Waals surface area contributed by atoms with Crippen molar-refractivity contribution in [2.45, 2.75) is 5.92 Å². The van der Waals surface area contributed by atoms with Crippen molar-refractivity contribution in [3.8, 4) is 0 Å². The van der Waals surface area contributed by atoms with Crippen LogP contribution in [0.15, 0.2) is 59.6 Å². The van der Waals surface area contributed by atoms with Gasteiger partial charge in [0, 0.05) is 17.7 Å². The van der Waals surface area contributed by atoms with Crippen molar-refractivity contribution < 1.29 is 4.79 Å². The van der Waals surface area contributed by atoms with Crippen molar-refractivity contribution in [2.75, 3.05) is 0 Å². The smallest absolute Gasteiger partial charge is 0.267 e. The first-order valence-electron chi connectivity index (χ1n) is 5.58. The molecule has 1 atom stereocenters. The normalized spacial score (nSPS) is 17.9. The first-order chi connectivity index (χ1) is 8.36. The van der Waals surface area contributed by atoms with Gasteiger partial charge in [0.2, 0.25) is 0 Å². The number of carbonyl (C=O) groups excluding carboxylic acids is 1. The van der Waals surface area contributed by atoms with Crippen LogP contribution >= 0.6 is 0 Å².